The van der Waals surface area contributed by atoms with E-state index in [4.69, 9.17) is 28.3 Å². The van der Waals surface area contributed by atoms with Gasteiger partial charge in [0.05, 0.1) is 39.5 Å². The quantitative estimate of drug-likeness (QED) is 0.0873. The maximum atomic E-state index is 12.1. The third-order valence-electron chi connectivity index (χ3n) is 14.1. The SMILES string of the molecule is CC.CC.CCC1CN(c2ccc(N3CCN(CCCOc4ccc5c(c4)B(C)OC5)CC3)cc2)C(=O)O1.CCC1CN(c2ccc(N3CCN(CCCOc4cccc5c4B(O)OC5)CC3)cc2)C(=O)O1. The standard InChI is InChI=1S/C26H34BN3O4.C25H32BN3O5.2C2H6/c1-3-23-18-30(26(31)34-23)22-8-6-21(7-9-22)29-14-12-28(13-15-29)11-4-16-32-24-10-5-20-19-33-27(2)25(20)17-24;1-2-22-17-29(25(30)34-22)21-9-7-20(8-10-21)28-14-12-27(13-15-28)11-4-16-32-23-6-3-5-19-18-33-26(31)24(19)23;2*1-2/h5-10,17,23H,3-4,11-16,18-19H2,1-2H3;3,5-10,22,31H,2,4,11-18H2,1H3;2*1-2H3. The lowest BCUT2D eigenvalue weighted by atomic mass is 9.64. The van der Waals surface area contributed by atoms with Gasteiger partial charge < -0.3 is 43.1 Å². The Labute approximate surface area is 429 Å². The average Bonchev–Trinajstić information content (AvgIpc) is 4.23. The predicted octanol–water partition coefficient (Wildman–Crippen LogP) is 7.65. The number of anilines is 4. The molecule has 4 fully saturated rings. The van der Waals surface area contributed by atoms with E-state index >= 15 is 0 Å². The summed E-state index contributed by atoms with van der Waals surface area (Å²) in [6.07, 6.45) is 3.12. The zero-order chi connectivity index (χ0) is 51.0. The zero-order valence-electron chi connectivity index (χ0n) is 43.9. The van der Waals surface area contributed by atoms with Crippen molar-refractivity contribution in [3.63, 3.8) is 0 Å². The molecule has 6 aliphatic heterocycles. The van der Waals surface area contributed by atoms with Crippen LogP contribution in [-0.2, 0) is 32.0 Å². The maximum Gasteiger partial charge on any atom is 0.495 e. The minimum atomic E-state index is -0.884. The molecule has 0 aromatic heterocycles. The van der Waals surface area contributed by atoms with Gasteiger partial charge in [0.2, 0.25) is 0 Å². The van der Waals surface area contributed by atoms with Gasteiger partial charge in [-0.1, -0.05) is 66.6 Å². The summed E-state index contributed by atoms with van der Waals surface area (Å²) in [6.45, 7) is 28.2. The molecule has 0 aliphatic carbocycles. The van der Waals surface area contributed by atoms with Crippen LogP contribution in [0.3, 0.4) is 0 Å². The second-order valence-corrected chi connectivity index (χ2v) is 18.4. The lowest BCUT2D eigenvalue weighted by Crippen LogP contribution is -2.46. The number of hydrogen-bond donors (Lipinski definition) is 1. The van der Waals surface area contributed by atoms with E-state index in [0.29, 0.717) is 32.9 Å². The Hall–Kier alpha value is -5.45. The molecule has 6 aliphatic rings. The molecule has 2 atom stereocenters. The van der Waals surface area contributed by atoms with Gasteiger partial charge in [-0.05, 0) is 109 Å². The highest BCUT2D eigenvalue weighted by Gasteiger charge is 2.33. The minimum absolute atomic E-state index is 0.00245. The van der Waals surface area contributed by atoms with E-state index in [-0.39, 0.29) is 31.3 Å². The lowest BCUT2D eigenvalue weighted by Gasteiger charge is -2.36. The van der Waals surface area contributed by atoms with Gasteiger partial charge >= 0.3 is 26.2 Å². The Kier molecular flexibility index (Phi) is 20.4. The van der Waals surface area contributed by atoms with Crippen molar-refractivity contribution >= 4 is 59.9 Å². The van der Waals surface area contributed by atoms with Crippen molar-refractivity contribution in [2.45, 2.75) is 99.5 Å². The van der Waals surface area contributed by atoms with E-state index in [1.54, 1.807) is 9.80 Å². The highest BCUT2D eigenvalue weighted by Crippen LogP contribution is 2.28. The molecule has 4 aromatic rings. The monoisotopic (exact) mass is 989 g/mol. The van der Waals surface area contributed by atoms with Crippen LogP contribution in [-0.4, -0.2) is 145 Å². The first-order valence-electron chi connectivity index (χ1n) is 26.8. The van der Waals surface area contributed by atoms with Gasteiger partial charge in [-0.3, -0.25) is 19.6 Å². The minimum Gasteiger partial charge on any atom is -0.494 e. The lowest BCUT2D eigenvalue weighted by molar-refractivity contribution is 0.138. The van der Waals surface area contributed by atoms with Gasteiger partial charge in [-0.15, -0.1) is 0 Å². The largest absolute Gasteiger partial charge is 0.495 e. The average molecular weight is 989 g/mol. The molecular weight excluding hydrogens is 910 g/mol. The second kappa shape index (κ2) is 27.0. The van der Waals surface area contributed by atoms with Crippen LogP contribution in [0.1, 0.15) is 78.4 Å². The molecule has 10 rings (SSSR count). The van der Waals surface area contributed by atoms with Gasteiger partial charge in [0, 0.05) is 93.7 Å². The van der Waals surface area contributed by atoms with Crippen molar-refractivity contribution in [2.24, 2.45) is 0 Å². The molecule has 2 unspecified atom stereocenters. The number of hydrogen-bond acceptors (Lipinski definition) is 13. The fourth-order valence-electron chi connectivity index (χ4n) is 9.84. The van der Waals surface area contributed by atoms with E-state index in [0.717, 1.165) is 132 Å². The van der Waals surface area contributed by atoms with Crippen molar-refractivity contribution in [1.29, 1.82) is 0 Å². The van der Waals surface area contributed by atoms with E-state index in [2.05, 4.69) is 68.9 Å². The zero-order valence-corrected chi connectivity index (χ0v) is 43.9. The number of carbonyl (C=O) groups excluding carboxylic acids is 2. The number of amides is 2. The van der Waals surface area contributed by atoms with Crippen LogP contribution in [0.2, 0.25) is 6.82 Å². The molecule has 17 heteroatoms. The summed E-state index contributed by atoms with van der Waals surface area (Å²) >= 11 is 0. The number of carbonyl (C=O) groups is 2. The third-order valence-corrected chi connectivity index (χ3v) is 14.1. The van der Waals surface area contributed by atoms with Crippen LogP contribution in [0.5, 0.6) is 11.5 Å². The summed E-state index contributed by atoms with van der Waals surface area (Å²) in [7, 11) is -0.884. The first-order valence-corrected chi connectivity index (χ1v) is 26.8. The molecule has 0 radical (unpaired) electrons. The Morgan fingerprint density at radius 2 is 1.08 bits per heavy atom. The fraction of sp³-hybridized carbons (Fsp3) is 0.527. The molecular formula is C55H78B2N6O9. The molecule has 72 heavy (non-hydrogen) atoms. The van der Waals surface area contributed by atoms with Crippen molar-refractivity contribution in [1.82, 2.24) is 9.80 Å². The number of fused-ring (bicyclic) bond motifs is 2. The molecule has 0 bridgehead atoms. The Bertz CT molecular complexity index is 2310. The summed E-state index contributed by atoms with van der Waals surface area (Å²) < 4.78 is 33.7. The highest BCUT2D eigenvalue weighted by molar-refractivity contribution is 6.67. The summed E-state index contributed by atoms with van der Waals surface area (Å²) in [5.74, 6) is 1.67. The second-order valence-electron chi connectivity index (χ2n) is 18.4. The van der Waals surface area contributed by atoms with Gasteiger partial charge in [0.15, 0.2) is 0 Å². The topological polar surface area (TPSA) is 129 Å². The van der Waals surface area contributed by atoms with Gasteiger partial charge in [0.1, 0.15) is 23.7 Å². The summed E-state index contributed by atoms with van der Waals surface area (Å²) in [5.41, 5.74) is 8.50. The first kappa shape index (κ1) is 54.3. The van der Waals surface area contributed by atoms with Crippen LogP contribution < -0.4 is 40.0 Å². The predicted molar refractivity (Wildman–Crippen MR) is 290 cm³/mol. The summed E-state index contributed by atoms with van der Waals surface area (Å²) in [6, 6.07) is 28.6. The molecule has 0 saturated carbocycles. The van der Waals surface area contributed by atoms with E-state index in [1.807, 2.05) is 84.0 Å². The van der Waals surface area contributed by atoms with E-state index in [1.165, 1.54) is 22.4 Å². The molecule has 1 N–H and O–H groups in total. The van der Waals surface area contributed by atoms with Crippen LogP contribution in [0, 0.1) is 0 Å². The van der Waals surface area contributed by atoms with Crippen LogP contribution in [0.25, 0.3) is 0 Å². The third kappa shape index (κ3) is 13.8. The summed E-state index contributed by atoms with van der Waals surface area (Å²) in [4.78, 5) is 37.4. The molecule has 388 valence electrons. The Balaban J connectivity index is 0.000000198. The van der Waals surface area contributed by atoms with Crippen molar-refractivity contribution in [3.8, 4) is 11.5 Å². The van der Waals surface area contributed by atoms with Gasteiger partial charge in [-0.25, -0.2) is 9.59 Å². The molecule has 0 spiro atoms. The number of piperazine rings is 2. The molecule has 15 nitrogen and oxygen atoms in total. The highest BCUT2D eigenvalue weighted by atomic mass is 16.6. The Morgan fingerprint density at radius 1 is 0.597 bits per heavy atom. The number of rotatable bonds is 16. The van der Waals surface area contributed by atoms with Crippen molar-refractivity contribution < 1.29 is 42.9 Å². The summed E-state index contributed by atoms with van der Waals surface area (Å²) in [5, 5.41) is 10.0. The number of benzene rings is 4. The number of nitrogens with zero attached hydrogens (tertiary/aromatic N) is 6. The number of cyclic esters (lactones) is 2. The number of ether oxygens (including phenoxy) is 4. The van der Waals surface area contributed by atoms with Crippen LogP contribution >= 0.6 is 0 Å². The van der Waals surface area contributed by atoms with Gasteiger partial charge in [0.25, 0.3) is 0 Å². The van der Waals surface area contributed by atoms with E-state index < -0.39 is 7.12 Å². The normalized spacial score (nSPS) is 19.6. The molecule has 4 aromatic carbocycles. The van der Waals surface area contributed by atoms with Crippen molar-refractivity contribution in [2.75, 3.05) is 111 Å². The fourth-order valence-corrected chi connectivity index (χ4v) is 9.84. The van der Waals surface area contributed by atoms with Crippen molar-refractivity contribution in [3.05, 3.63) is 96.1 Å². The maximum absolute atomic E-state index is 12.1. The van der Waals surface area contributed by atoms with Crippen LogP contribution in [0.15, 0.2) is 84.9 Å². The first-order chi connectivity index (χ1) is 35.2. The van der Waals surface area contributed by atoms with Crippen LogP contribution in [0.4, 0.5) is 32.3 Å². The smallest absolute Gasteiger partial charge is 0.494 e. The molecule has 2 amide bonds. The Morgan fingerprint density at radius 3 is 1.58 bits per heavy atom. The van der Waals surface area contributed by atoms with E-state index in [9.17, 15) is 14.6 Å². The molecule has 4 saturated heterocycles. The van der Waals surface area contributed by atoms with Gasteiger partial charge in [-0.2, -0.15) is 0 Å². The molecule has 6 heterocycles.